The molecule has 2 rings (SSSR count). The molecule has 0 saturated heterocycles. The lowest BCUT2D eigenvalue weighted by atomic mass is 10.1. The summed E-state index contributed by atoms with van der Waals surface area (Å²) in [4.78, 5) is 38.4. The number of halogens is 2. The van der Waals surface area contributed by atoms with E-state index in [-0.39, 0.29) is 17.1 Å². The molecule has 0 saturated carbocycles. The second-order valence-corrected chi connectivity index (χ2v) is 7.67. The standard InChI is InChI=1S/C21H22ClFN2O4/c1-21(2,3)25(12-18(26)24-15-10-8-14(23)9-11-15)19(27)13-29-20(28)16-6-4-5-7-17(16)22/h4-11H,12-13H2,1-3H3,(H,24,26). The third kappa shape index (κ3) is 6.57. The highest BCUT2D eigenvalue weighted by atomic mass is 35.5. The number of carbonyl (C=O) groups excluding carboxylic acids is 3. The van der Waals surface area contributed by atoms with Gasteiger partial charge in [-0.2, -0.15) is 0 Å². The Morgan fingerprint density at radius 3 is 2.28 bits per heavy atom. The molecule has 0 heterocycles. The zero-order chi connectivity index (χ0) is 21.6. The van der Waals surface area contributed by atoms with E-state index in [0.717, 1.165) is 0 Å². The van der Waals surface area contributed by atoms with Crippen molar-refractivity contribution >= 4 is 35.1 Å². The molecule has 0 aliphatic heterocycles. The van der Waals surface area contributed by atoms with Gasteiger partial charge in [0.05, 0.1) is 10.6 Å². The number of hydrogen-bond acceptors (Lipinski definition) is 4. The zero-order valence-electron chi connectivity index (χ0n) is 16.4. The number of amides is 2. The summed E-state index contributed by atoms with van der Waals surface area (Å²) in [7, 11) is 0. The highest BCUT2D eigenvalue weighted by molar-refractivity contribution is 6.33. The van der Waals surface area contributed by atoms with Gasteiger partial charge < -0.3 is 15.0 Å². The van der Waals surface area contributed by atoms with Crippen molar-refractivity contribution in [3.8, 4) is 0 Å². The van der Waals surface area contributed by atoms with Crippen LogP contribution in [0.2, 0.25) is 5.02 Å². The minimum absolute atomic E-state index is 0.151. The van der Waals surface area contributed by atoms with E-state index in [0.29, 0.717) is 5.69 Å². The first-order valence-electron chi connectivity index (χ1n) is 8.85. The Morgan fingerprint density at radius 2 is 1.69 bits per heavy atom. The topological polar surface area (TPSA) is 75.7 Å². The SMILES string of the molecule is CC(C)(C)N(CC(=O)Nc1ccc(F)cc1)C(=O)COC(=O)c1ccccc1Cl. The summed E-state index contributed by atoms with van der Waals surface area (Å²) < 4.78 is 18.1. The largest absolute Gasteiger partial charge is 0.452 e. The van der Waals surface area contributed by atoms with Crippen LogP contribution in [-0.2, 0) is 14.3 Å². The number of anilines is 1. The summed E-state index contributed by atoms with van der Waals surface area (Å²) in [5.41, 5.74) is -0.144. The molecule has 2 amide bonds. The minimum atomic E-state index is -0.728. The predicted octanol–water partition coefficient (Wildman–Crippen LogP) is 3.90. The molecule has 0 aromatic heterocycles. The van der Waals surface area contributed by atoms with Crippen LogP contribution in [0.4, 0.5) is 10.1 Å². The lowest BCUT2D eigenvalue weighted by Gasteiger charge is -2.35. The van der Waals surface area contributed by atoms with Crippen LogP contribution in [-0.4, -0.2) is 41.4 Å². The van der Waals surface area contributed by atoms with E-state index in [1.165, 1.54) is 35.2 Å². The number of nitrogens with one attached hydrogen (secondary N) is 1. The van der Waals surface area contributed by atoms with Gasteiger partial charge in [0, 0.05) is 11.2 Å². The predicted molar refractivity (Wildman–Crippen MR) is 108 cm³/mol. The van der Waals surface area contributed by atoms with E-state index in [1.807, 2.05) is 0 Å². The van der Waals surface area contributed by atoms with Crippen LogP contribution >= 0.6 is 11.6 Å². The molecule has 0 spiro atoms. The van der Waals surface area contributed by atoms with Gasteiger partial charge in [-0.05, 0) is 57.2 Å². The van der Waals surface area contributed by atoms with E-state index in [1.54, 1.807) is 39.0 Å². The molecule has 2 aromatic carbocycles. The first-order chi connectivity index (χ1) is 13.6. The summed E-state index contributed by atoms with van der Waals surface area (Å²) in [5.74, 6) is -2.15. The van der Waals surface area contributed by atoms with E-state index >= 15 is 0 Å². The molecule has 8 heteroatoms. The summed E-state index contributed by atoms with van der Waals surface area (Å²) in [6.45, 7) is 4.47. The van der Waals surface area contributed by atoms with Gasteiger partial charge in [0.1, 0.15) is 12.4 Å². The Bertz CT molecular complexity index is 894. The molecule has 0 unspecified atom stereocenters. The quantitative estimate of drug-likeness (QED) is 0.719. The van der Waals surface area contributed by atoms with Crippen molar-refractivity contribution in [3.05, 3.63) is 64.9 Å². The van der Waals surface area contributed by atoms with Gasteiger partial charge in [-0.25, -0.2) is 9.18 Å². The van der Waals surface area contributed by atoms with Gasteiger partial charge >= 0.3 is 5.97 Å². The van der Waals surface area contributed by atoms with Crippen LogP contribution in [0.3, 0.4) is 0 Å². The normalized spacial score (nSPS) is 10.9. The third-order valence-corrected chi connectivity index (χ3v) is 4.29. The number of esters is 1. The maximum absolute atomic E-state index is 13.0. The number of ether oxygens (including phenoxy) is 1. The van der Waals surface area contributed by atoms with Crippen molar-refractivity contribution in [1.82, 2.24) is 4.90 Å². The smallest absolute Gasteiger partial charge is 0.340 e. The van der Waals surface area contributed by atoms with Crippen molar-refractivity contribution in [2.24, 2.45) is 0 Å². The molecule has 0 aliphatic rings. The van der Waals surface area contributed by atoms with E-state index in [9.17, 15) is 18.8 Å². The molecular weight excluding hydrogens is 399 g/mol. The van der Waals surface area contributed by atoms with Crippen LogP contribution in [0.1, 0.15) is 31.1 Å². The Hall–Kier alpha value is -2.93. The third-order valence-electron chi connectivity index (χ3n) is 3.96. The molecular formula is C21H22ClFN2O4. The van der Waals surface area contributed by atoms with Crippen LogP contribution in [0.5, 0.6) is 0 Å². The van der Waals surface area contributed by atoms with Gasteiger partial charge in [-0.15, -0.1) is 0 Å². The van der Waals surface area contributed by atoms with Gasteiger partial charge in [-0.3, -0.25) is 9.59 Å². The summed E-state index contributed by atoms with van der Waals surface area (Å²) in [6, 6.07) is 11.6. The summed E-state index contributed by atoms with van der Waals surface area (Å²) in [5, 5.41) is 2.82. The van der Waals surface area contributed by atoms with E-state index in [2.05, 4.69) is 5.32 Å². The molecule has 0 bridgehead atoms. The van der Waals surface area contributed by atoms with Crippen molar-refractivity contribution in [1.29, 1.82) is 0 Å². The lowest BCUT2D eigenvalue weighted by molar-refractivity contribution is -0.142. The van der Waals surface area contributed by atoms with E-state index in [4.69, 9.17) is 16.3 Å². The minimum Gasteiger partial charge on any atom is -0.452 e. The molecule has 0 fully saturated rings. The van der Waals surface area contributed by atoms with Crippen molar-refractivity contribution in [2.45, 2.75) is 26.3 Å². The molecule has 6 nitrogen and oxygen atoms in total. The van der Waals surface area contributed by atoms with Crippen LogP contribution in [0.15, 0.2) is 48.5 Å². The molecule has 1 N–H and O–H groups in total. The fourth-order valence-electron chi connectivity index (χ4n) is 2.49. The Balaban J connectivity index is 2.00. The molecule has 154 valence electrons. The van der Waals surface area contributed by atoms with Crippen molar-refractivity contribution in [3.63, 3.8) is 0 Å². The summed E-state index contributed by atoms with van der Waals surface area (Å²) >= 11 is 5.95. The zero-order valence-corrected chi connectivity index (χ0v) is 17.1. The van der Waals surface area contributed by atoms with Crippen molar-refractivity contribution in [2.75, 3.05) is 18.5 Å². The fourth-order valence-corrected chi connectivity index (χ4v) is 2.70. The van der Waals surface area contributed by atoms with Crippen molar-refractivity contribution < 1.29 is 23.5 Å². The van der Waals surface area contributed by atoms with Crippen LogP contribution in [0, 0.1) is 5.82 Å². The number of carbonyl (C=O) groups is 3. The monoisotopic (exact) mass is 420 g/mol. The number of hydrogen-bond donors (Lipinski definition) is 1. The highest BCUT2D eigenvalue weighted by Crippen LogP contribution is 2.17. The maximum atomic E-state index is 13.0. The molecule has 29 heavy (non-hydrogen) atoms. The van der Waals surface area contributed by atoms with Gasteiger partial charge in [0.2, 0.25) is 5.91 Å². The Kier molecular flexibility index (Phi) is 7.34. The average Bonchev–Trinajstić information content (AvgIpc) is 2.65. The van der Waals surface area contributed by atoms with Crippen LogP contribution < -0.4 is 5.32 Å². The lowest BCUT2D eigenvalue weighted by Crippen LogP contribution is -2.50. The fraction of sp³-hybridized carbons (Fsp3) is 0.286. The second-order valence-electron chi connectivity index (χ2n) is 7.26. The van der Waals surface area contributed by atoms with E-state index < -0.39 is 35.7 Å². The van der Waals surface area contributed by atoms with Gasteiger partial charge in [0.25, 0.3) is 5.91 Å². The number of benzene rings is 2. The Labute approximate surface area is 173 Å². The molecule has 0 aliphatic carbocycles. The second kappa shape index (κ2) is 9.52. The number of rotatable bonds is 6. The Morgan fingerprint density at radius 1 is 1.07 bits per heavy atom. The first kappa shape index (κ1) is 22.4. The van der Waals surface area contributed by atoms with Gasteiger partial charge in [0.15, 0.2) is 6.61 Å². The summed E-state index contributed by atoms with van der Waals surface area (Å²) in [6.07, 6.45) is 0. The molecule has 0 atom stereocenters. The highest BCUT2D eigenvalue weighted by Gasteiger charge is 2.29. The van der Waals surface area contributed by atoms with Crippen LogP contribution in [0.25, 0.3) is 0 Å². The molecule has 2 aromatic rings. The average molecular weight is 421 g/mol. The maximum Gasteiger partial charge on any atom is 0.340 e. The van der Waals surface area contributed by atoms with Gasteiger partial charge in [-0.1, -0.05) is 23.7 Å². The molecule has 0 radical (unpaired) electrons. The number of nitrogens with zero attached hydrogens (tertiary/aromatic N) is 1. The first-order valence-corrected chi connectivity index (χ1v) is 9.23.